The molecule has 0 fully saturated rings. The number of carboxylic acids is 1. The van der Waals surface area contributed by atoms with Gasteiger partial charge in [0, 0.05) is 11.8 Å². The van der Waals surface area contributed by atoms with Gasteiger partial charge in [-0.3, -0.25) is 4.68 Å². The van der Waals surface area contributed by atoms with E-state index >= 15 is 0 Å². The van der Waals surface area contributed by atoms with E-state index in [9.17, 15) is 13.6 Å². The van der Waals surface area contributed by atoms with E-state index in [1.807, 2.05) is 0 Å². The van der Waals surface area contributed by atoms with Gasteiger partial charge in [0.25, 0.3) is 6.43 Å². The van der Waals surface area contributed by atoms with Crippen LogP contribution < -0.4 is 0 Å². The summed E-state index contributed by atoms with van der Waals surface area (Å²) in [5, 5.41) is 12.0. The lowest BCUT2D eigenvalue weighted by molar-refractivity contribution is 0.0685. The molecule has 0 amide bonds. The zero-order chi connectivity index (χ0) is 10.0. The number of carboxylic acid groups (broad SMARTS) is 1. The Labute approximate surface area is 72.8 Å². The highest BCUT2D eigenvalue weighted by atomic mass is 19.3. The van der Waals surface area contributed by atoms with Gasteiger partial charge >= 0.3 is 5.97 Å². The van der Waals surface area contributed by atoms with Gasteiger partial charge in [-0.2, -0.15) is 5.10 Å². The molecule has 4 nitrogen and oxygen atoms in total. The molecule has 1 aromatic heterocycles. The number of hydrogen-bond acceptors (Lipinski definition) is 2. The molecule has 0 spiro atoms. The van der Waals surface area contributed by atoms with Crippen LogP contribution in [0.15, 0.2) is 6.20 Å². The second kappa shape index (κ2) is 3.51. The van der Waals surface area contributed by atoms with Gasteiger partial charge in [-0.05, 0) is 6.92 Å². The first kappa shape index (κ1) is 9.63. The number of nitrogens with zero attached hydrogens (tertiary/aromatic N) is 2. The monoisotopic (exact) mass is 190 g/mol. The maximum Gasteiger partial charge on any atom is 0.356 e. The Morgan fingerprint density at radius 3 is 2.77 bits per heavy atom. The van der Waals surface area contributed by atoms with Gasteiger partial charge < -0.3 is 5.11 Å². The van der Waals surface area contributed by atoms with E-state index < -0.39 is 18.9 Å². The number of aryl methyl sites for hydroxylation is 1. The number of aromatic nitrogens is 2. The third kappa shape index (κ3) is 2.24. The molecule has 1 rings (SSSR count). The van der Waals surface area contributed by atoms with Gasteiger partial charge in [0.15, 0.2) is 5.69 Å². The van der Waals surface area contributed by atoms with Crippen molar-refractivity contribution in [3.05, 3.63) is 17.5 Å². The fourth-order valence-corrected chi connectivity index (χ4v) is 0.967. The molecule has 1 aromatic rings. The fraction of sp³-hybridized carbons (Fsp3) is 0.429. The molecule has 0 bridgehead atoms. The molecule has 6 heteroatoms. The van der Waals surface area contributed by atoms with Crippen LogP contribution in [0.2, 0.25) is 0 Å². The average Bonchev–Trinajstić information content (AvgIpc) is 2.29. The number of aromatic carboxylic acids is 1. The summed E-state index contributed by atoms with van der Waals surface area (Å²) < 4.78 is 24.6. The Kier molecular flexibility index (Phi) is 2.60. The summed E-state index contributed by atoms with van der Waals surface area (Å²) in [4.78, 5) is 10.5. The van der Waals surface area contributed by atoms with E-state index in [0.29, 0.717) is 5.56 Å². The summed E-state index contributed by atoms with van der Waals surface area (Å²) in [6.07, 6.45) is -1.24. The summed E-state index contributed by atoms with van der Waals surface area (Å²) in [5.41, 5.74) is 0.203. The predicted molar refractivity (Wildman–Crippen MR) is 39.9 cm³/mol. The van der Waals surface area contributed by atoms with Crippen LogP contribution in [0.4, 0.5) is 8.78 Å². The third-order valence-electron chi connectivity index (χ3n) is 1.47. The molecule has 0 aliphatic carbocycles. The minimum Gasteiger partial charge on any atom is -0.476 e. The molecule has 0 aromatic carbocycles. The van der Waals surface area contributed by atoms with Crippen molar-refractivity contribution in [1.82, 2.24) is 9.78 Å². The van der Waals surface area contributed by atoms with E-state index in [2.05, 4.69) is 5.10 Å². The van der Waals surface area contributed by atoms with Gasteiger partial charge in [-0.1, -0.05) is 0 Å². The van der Waals surface area contributed by atoms with Crippen LogP contribution in [0, 0.1) is 6.92 Å². The molecular weight excluding hydrogens is 182 g/mol. The van der Waals surface area contributed by atoms with Crippen molar-refractivity contribution in [2.45, 2.75) is 19.9 Å². The Balaban J connectivity index is 2.89. The highest BCUT2D eigenvalue weighted by molar-refractivity contribution is 5.86. The first-order valence-electron chi connectivity index (χ1n) is 3.56. The number of hydrogen-bond donors (Lipinski definition) is 1. The van der Waals surface area contributed by atoms with Crippen LogP contribution in [0.25, 0.3) is 0 Å². The minimum atomic E-state index is -2.53. The molecule has 13 heavy (non-hydrogen) atoms. The lowest BCUT2D eigenvalue weighted by Crippen LogP contribution is -2.08. The molecule has 72 valence electrons. The topological polar surface area (TPSA) is 55.1 Å². The van der Waals surface area contributed by atoms with E-state index in [4.69, 9.17) is 5.11 Å². The quantitative estimate of drug-likeness (QED) is 0.777. The van der Waals surface area contributed by atoms with Crippen LogP contribution in [0.1, 0.15) is 16.1 Å². The Morgan fingerprint density at radius 1 is 1.77 bits per heavy atom. The van der Waals surface area contributed by atoms with Gasteiger partial charge in [0.05, 0.1) is 0 Å². The zero-order valence-corrected chi connectivity index (χ0v) is 6.87. The second-order valence-corrected chi connectivity index (χ2v) is 2.58. The average molecular weight is 190 g/mol. The van der Waals surface area contributed by atoms with E-state index in [0.717, 1.165) is 4.68 Å². The van der Waals surface area contributed by atoms with Crippen LogP contribution in [0.5, 0.6) is 0 Å². The van der Waals surface area contributed by atoms with Crippen molar-refractivity contribution in [3.63, 3.8) is 0 Å². The summed E-state index contributed by atoms with van der Waals surface area (Å²) in [7, 11) is 0. The number of rotatable bonds is 3. The van der Waals surface area contributed by atoms with Gasteiger partial charge in [-0.25, -0.2) is 13.6 Å². The maximum absolute atomic E-state index is 11.9. The highest BCUT2D eigenvalue weighted by Gasteiger charge is 2.13. The molecular formula is C7H8F2N2O2. The summed E-state index contributed by atoms with van der Waals surface area (Å²) in [6.45, 7) is 0.937. The van der Waals surface area contributed by atoms with Crippen molar-refractivity contribution in [2.75, 3.05) is 0 Å². The van der Waals surface area contributed by atoms with Crippen LogP contribution >= 0.6 is 0 Å². The van der Waals surface area contributed by atoms with Crippen molar-refractivity contribution < 1.29 is 18.7 Å². The molecule has 0 aliphatic rings. The fourth-order valence-electron chi connectivity index (χ4n) is 0.967. The third-order valence-corrected chi connectivity index (χ3v) is 1.47. The normalized spacial score (nSPS) is 10.8. The lowest BCUT2D eigenvalue weighted by Gasteiger charge is -1.97. The smallest absolute Gasteiger partial charge is 0.356 e. The first-order valence-corrected chi connectivity index (χ1v) is 3.56. The molecule has 0 radical (unpaired) electrons. The highest BCUT2D eigenvalue weighted by Crippen LogP contribution is 2.06. The molecule has 1 heterocycles. The van der Waals surface area contributed by atoms with Crippen molar-refractivity contribution in [1.29, 1.82) is 0 Å². The van der Waals surface area contributed by atoms with Crippen molar-refractivity contribution in [2.24, 2.45) is 0 Å². The second-order valence-electron chi connectivity index (χ2n) is 2.58. The van der Waals surface area contributed by atoms with Crippen LogP contribution in [-0.2, 0) is 6.54 Å². The SMILES string of the molecule is Cc1cn(CC(F)F)nc1C(=O)O. The lowest BCUT2D eigenvalue weighted by atomic mass is 10.3. The Bertz CT molecular complexity index is 322. The first-order chi connectivity index (χ1) is 6.00. The molecule has 0 saturated heterocycles. The minimum absolute atomic E-state index is 0.180. The van der Waals surface area contributed by atoms with Crippen molar-refractivity contribution >= 4 is 5.97 Å². The summed E-state index contributed by atoms with van der Waals surface area (Å²) >= 11 is 0. The largest absolute Gasteiger partial charge is 0.476 e. The predicted octanol–water partition coefficient (Wildman–Crippen LogP) is 1.15. The van der Waals surface area contributed by atoms with Gasteiger partial charge in [0.2, 0.25) is 0 Å². The number of halogens is 2. The number of alkyl halides is 2. The standard InChI is InChI=1S/C7H8F2N2O2/c1-4-2-11(3-5(8)9)10-6(4)7(12)13/h2,5H,3H2,1H3,(H,12,13). The van der Waals surface area contributed by atoms with E-state index in [1.165, 1.54) is 13.1 Å². The molecule has 0 atom stereocenters. The molecule has 0 unspecified atom stereocenters. The Hall–Kier alpha value is -1.46. The van der Waals surface area contributed by atoms with Gasteiger partial charge in [0.1, 0.15) is 6.54 Å². The summed E-state index contributed by atoms with van der Waals surface area (Å²) in [6, 6.07) is 0. The van der Waals surface area contributed by atoms with Crippen LogP contribution in [-0.4, -0.2) is 27.3 Å². The maximum atomic E-state index is 11.9. The van der Waals surface area contributed by atoms with Crippen molar-refractivity contribution in [3.8, 4) is 0 Å². The number of carbonyl (C=O) groups is 1. The molecule has 0 saturated carbocycles. The van der Waals surface area contributed by atoms with E-state index in [-0.39, 0.29) is 5.69 Å². The van der Waals surface area contributed by atoms with E-state index in [1.54, 1.807) is 0 Å². The van der Waals surface area contributed by atoms with Gasteiger partial charge in [-0.15, -0.1) is 0 Å². The Morgan fingerprint density at radius 2 is 2.38 bits per heavy atom. The van der Waals surface area contributed by atoms with Crippen LogP contribution in [0.3, 0.4) is 0 Å². The molecule has 1 N–H and O–H groups in total. The zero-order valence-electron chi connectivity index (χ0n) is 6.87. The molecule has 0 aliphatic heterocycles. The summed E-state index contributed by atoms with van der Waals surface area (Å²) in [5.74, 6) is -1.20.